The molecular formula is C25H21Cl2N3O4S2. The third-order valence-electron chi connectivity index (χ3n) is 6.28. The highest BCUT2D eigenvalue weighted by Crippen LogP contribution is 2.57. The number of anilines is 1. The highest BCUT2D eigenvalue weighted by Gasteiger charge is 2.52. The first-order valence-electron chi connectivity index (χ1n) is 11.2. The van der Waals surface area contributed by atoms with Crippen LogP contribution in [0.2, 0.25) is 10.0 Å². The fourth-order valence-corrected chi connectivity index (χ4v) is 6.07. The molecule has 11 heteroatoms. The second-order valence-corrected chi connectivity index (χ2v) is 11.8. The predicted octanol–water partition coefficient (Wildman–Crippen LogP) is 6.04. The number of benzene rings is 2. The highest BCUT2D eigenvalue weighted by molar-refractivity contribution is 7.72. The van der Waals surface area contributed by atoms with E-state index >= 15 is 0 Å². The molecule has 186 valence electrons. The molecule has 1 aliphatic carbocycles. The van der Waals surface area contributed by atoms with Crippen LogP contribution in [-0.4, -0.2) is 24.5 Å². The van der Waals surface area contributed by atoms with E-state index in [1.54, 1.807) is 43.3 Å². The minimum atomic E-state index is -2.55. The molecule has 1 amide bonds. The highest BCUT2D eigenvalue weighted by atomic mass is 35.5. The fraction of sp³-hybridized carbons (Fsp3) is 0.240. The summed E-state index contributed by atoms with van der Waals surface area (Å²) in [5.74, 6) is 0.767. The van der Waals surface area contributed by atoms with Gasteiger partial charge in [-0.1, -0.05) is 58.7 Å². The molecule has 1 fully saturated rings. The number of nitrogens with one attached hydrogen (secondary N) is 1. The van der Waals surface area contributed by atoms with Gasteiger partial charge in [-0.15, -0.1) is 11.3 Å². The van der Waals surface area contributed by atoms with E-state index in [-0.39, 0.29) is 12.3 Å². The first-order valence-corrected chi connectivity index (χ1v) is 14.0. The van der Waals surface area contributed by atoms with Crippen molar-refractivity contribution in [3.8, 4) is 10.8 Å². The molecular weight excluding hydrogens is 541 g/mol. The monoisotopic (exact) mass is 561 g/mol. The second kappa shape index (κ2) is 9.97. The van der Waals surface area contributed by atoms with Crippen LogP contribution in [0.3, 0.4) is 0 Å². The lowest BCUT2D eigenvalue weighted by atomic mass is 9.94. The zero-order valence-corrected chi connectivity index (χ0v) is 22.3. The van der Waals surface area contributed by atoms with E-state index in [0.717, 1.165) is 28.8 Å². The topological polar surface area (TPSA) is 102 Å². The van der Waals surface area contributed by atoms with Gasteiger partial charge in [0.1, 0.15) is 10.7 Å². The van der Waals surface area contributed by atoms with Gasteiger partial charge < -0.3 is 9.84 Å². The smallest absolute Gasteiger partial charge is 0.268 e. The molecule has 2 aromatic heterocycles. The SMILES string of the molecule is CC(c1ccc(CC(=O)Nc2cc(Cl)c(C3(c4noc(-c5cccs5)n4)CC3)c(Cl)c2)cc1)[SH](=O)=O. The van der Waals surface area contributed by atoms with Crippen LogP contribution in [0, 0.1) is 0 Å². The third-order valence-corrected chi connectivity index (χ3v) is 8.67. The van der Waals surface area contributed by atoms with Crippen molar-refractivity contribution in [2.24, 2.45) is 0 Å². The lowest BCUT2D eigenvalue weighted by Crippen LogP contribution is -2.16. The van der Waals surface area contributed by atoms with Gasteiger partial charge in [0.2, 0.25) is 5.91 Å². The number of thiol groups is 1. The maximum Gasteiger partial charge on any atom is 0.268 e. The number of amides is 1. The number of aromatic nitrogens is 2. The Bertz CT molecular complexity index is 1460. The quantitative estimate of drug-likeness (QED) is 0.254. The normalized spacial score (nSPS) is 15.1. The Morgan fingerprint density at radius 3 is 2.44 bits per heavy atom. The van der Waals surface area contributed by atoms with E-state index in [0.29, 0.717) is 33.0 Å². The third kappa shape index (κ3) is 4.93. The number of thiophene rings is 1. The van der Waals surface area contributed by atoms with Crippen molar-refractivity contribution in [1.29, 1.82) is 0 Å². The molecule has 0 spiro atoms. The summed E-state index contributed by atoms with van der Waals surface area (Å²) in [6, 6.07) is 14.1. The molecule has 1 saturated carbocycles. The molecule has 0 saturated heterocycles. The first-order chi connectivity index (χ1) is 17.3. The molecule has 5 rings (SSSR count). The minimum absolute atomic E-state index is 0.119. The van der Waals surface area contributed by atoms with Crippen LogP contribution in [0.25, 0.3) is 10.8 Å². The van der Waals surface area contributed by atoms with E-state index in [1.807, 2.05) is 17.5 Å². The largest absolute Gasteiger partial charge is 0.333 e. The predicted molar refractivity (Wildman–Crippen MR) is 142 cm³/mol. The number of carbonyl (C=O) groups excluding carboxylic acids is 1. The first kappa shape index (κ1) is 25.0. The molecule has 1 unspecified atom stereocenters. The molecule has 4 aromatic rings. The molecule has 36 heavy (non-hydrogen) atoms. The molecule has 0 radical (unpaired) electrons. The number of hydrogen-bond donors (Lipinski definition) is 2. The fourth-order valence-electron chi connectivity index (χ4n) is 4.16. The maximum absolute atomic E-state index is 12.6. The van der Waals surface area contributed by atoms with Gasteiger partial charge in [0.25, 0.3) is 5.89 Å². The summed E-state index contributed by atoms with van der Waals surface area (Å²) in [4.78, 5) is 18.1. The number of rotatable bonds is 8. The number of nitrogens with zero attached hydrogens (tertiary/aromatic N) is 2. The van der Waals surface area contributed by atoms with Gasteiger partial charge in [0.05, 0.1) is 22.0 Å². The van der Waals surface area contributed by atoms with Crippen LogP contribution < -0.4 is 5.32 Å². The van der Waals surface area contributed by atoms with E-state index in [9.17, 15) is 13.2 Å². The Kier molecular flexibility index (Phi) is 6.91. The van der Waals surface area contributed by atoms with Crippen molar-refractivity contribution in [3.05, 3.63) is 86.5 Å². The van der Waals surface area contributed by atoms with Crippen LogP contribution in [0.4, 0.5) is 5.69 Å². The average Bonchev–Trinajstić information content (AvgIpc) is 3.23. The molecule has 7 nitrogen and oxygen atoms in total. The van der Waals surface area contributed by atoms with Gasteiger partial charge >= 0.3 is 0 Å². The average molecular weight is 563 g/mol. The van der Waals surface area contributed by atoms with Crippen molar-refractivity contribution in [2.45, 2.75) is 36.9 Å². The van der Waals surface area contributed by atoms with Crippen molar-refractivity contribution in [3.63, 3.8) is 0 Å². The van der Waals surface area contributed by atoms with Crippen molar-refractivity contribution >= 4 is 56.8 Å². The van der Waals surface area contributed by atoms with E-state index < -0.39 is 21.4 Å². The van der Waals surface area contributed by atoms with Crippen LogP contribution in [-0.2, 0) is 27.3 Å². The summed E-state index contributed by atoms with van der Waals surface area (Å²) < 4.78 is 27.8. The Hall–Kier alpha value is -2.72. The summed E-state index contributed by atoms with van der Waals surface area (Å²) >= 11 is 14.8. The van der Waals surface area contributed by atoms with Gasteiger partial charge in [0, 0.05) is 21.3 Å². The van der Waals surface area contributed by atoms with Gasteiger partial charge in [-0.05, 0) is 54.5 Å². The number of carbonyl (C=O) groups is 1. The Morgan fingerprint density at radius 2 is 1.86 bits per heavy atom. The molecule has 1 N–H and O–H groups in total. The summed E-state index contributed by atoms with van der Waals surface area (Å²) in [7, 11) is -2.55. The Morgan fingerprint density at radius 1 is 1.17 bits per heavy atom. The molecule has 1 aliphatic rings. The summed E-state index contributed by atoms with van der Waals surface area (Å²) in [5.41, 5.74) is 2.14. The van der Waals surface area contributed by atoms with Gasteiger partial charge in [-0.25, -0.2) is 8.42 Å². The summed E-state index contributed by atoms with van der Waals surface area (Å²) in [6.45, 7) is 1.62. The number of hydrogen-bond acceptors (Lipinski definition) is 7. The van der Waals surface area contributed by atoms with Crippen molar-refractivity contribution in [2.75, 3.05) is 5.32 Å². The molecule has 0 bridgehead atoms. The maximum atomic E-state index is 12.6. The van der Waals surface area contributed by atoms with Crippen LogP contribution in [0.15, 0.2) is 58.4 Å². The molecule has 0 aliphatic heterocycles. The van der Waals surface area contributed by atoms with E-state index in [1.165, 1.54) is 11.3 Å². The number of halogens is 2. The van der Waals surface area contributed by atoms with Gasteiger partial charge in [0.15, 0.2) is 5.82 Å². The Labute approximate surface area is 223 Å². The second-order valence-electron chi connectivity index (χ2n) is 8.73. The van der Waals surface area contributed by atoms with Gasteiger partial charge in [-0.2, -0.15) is 4.98 Å². The molecule has 2 heterocycles. The van der Waals surface area contributed by atoms with Crippen molar-refractivity contribution in [1.82, 2.24) is 10.1 Å². The van der Waals surface area contributed by atoms with Crippen molar-refractivity contribution < 1.29 is 17.7 Å². The summed E-state index contributed by atoms with van der Waals surface area (Å²) in [5, 5.41) is 9.26. The van der Waals surface area contributed by atoms with Crippen LogP contribution in [0.1, 0.15) is 47.5 Å². The van der Waals surface area contributed by atoms with E-state index in [2.05, 4.69) is 15.5 Å². The van der Waals surface area contributed by atoms with E-state index in [4.69, 9.17) is 27.7 Å². The molecule has 1 atom stereocenters. The lowest BCUT2D eigenvalue weighted by molar-refractivity contribution is -0.115. The van der Waals surface area contributed by atoms with Gasteiger partial charge in [-0.3, -0.25) is 4.79 Å². The Balaban J connectivity index is 1.31. The zero-order chi connectivity index (χ0) is 25.4. The van der Waals surface area contributed by atoms with Crippen LogP contribution >= 0.6 is 34.5 Å². The molecule has 2 aromatic carbocycles. The van der Waals surface area contributed by atoms with Crippen LogP contribution in [0.5, 0.6) is 0 Å². The zero-order valence-electron chi connectivity index (χ0n) is 19.0. The lowest BCUT2D eigenvalue weighted by Gasteiger charge is -2.17. The summed E-state index contributed by atoms with van der Waals surface area (Å²) in [6.07, 6.45) is 1.70. The minimum Gasteiger partial charge on any atom is -0.333 e. The standard InChI is InChI=1S/C25H21Cl2N3O4S2/c1-14(36(32)33)16-6-4-15(5-7-16)11-21(31)28-17-12-18(26)22(19(27)13-17)25(8-9-25)24-29-23(34-30-24)20-3-2-10-35-20/h2-7,10,12-14,36H,8-9,11H2,1H3,(H,28,31).